The molecule has 138 valence electrons. The van der Waals surface area contributed by atoms with Crippen LogP contribution in [0.15, 0.2) is 18.2 Å². The highest BCUT2D eigenvalue weighted by atomic mass is 19.3. The van der Waals surface area contributed by atoms with Crippen molar-refractivity contribution < 1.29 is 18.3 Å². The number of amides is 1. The van der Waals surface area contributed by atoms with Crippen LogP contribution in [0.25, 0.3) is 0 Å². The first-order valence-electron chi connectivity index (χ1n) is 8.81. The fraction of sp³-hybridized carbons (Fsp3) is 0.611. The Morgan fingerprint density at radius 2 is 2.16 bits per heavy atom. The summed E-state index contributed by atoms with van der Waals surface area (Å²) in [4.78, 5) is 14.5. The molecule has 1 unspecified atom stereocenters. The van der Waals surface area contributed by atoms with Crippen molar-refractivity contribution in [2.75, 3.05) is 38.1 Å². The molecule has 1 atom stereocenters. The topological polar surface area (TPSA) is 53.6 Å². The van der Waals surface area contributed by atoms with Gasteiger partial charge in [0.15, 0.2) is 0 Å². The van der Waals surface area contributed by atoms with E-state index in [1.807, 2.05) is 13.0 Å². The molecule has 2 aliphatic rings. The van der Waals surface area contributed by atoms with E-state index in [1.54, 1.807) is 12.1 Å². The zero-order valence-electron chi connectivity index (χ0n) is 14.5. The van der Waals surface area contributed by atoms with E-state index in [1.165, 1.54) is 12.8 Å². The number of rotatable bonds is 6. The van der Waals surface area contributed by atoms with Crippen molar-refractivity contribution in [2.24, 2.45) is 0 Å². The number of halogens is 2. The molecule has 3 rings (SSSR count). The highest BCUT2D eigenvalue weighted by molar-refractivity contribution is 5.95. The molecule has 7 heteroatoms. The highest BCUT2D eigenvalue weighted by Crippen LogP contribution is 2.27. The lowest BCUT2D eigenvalue weighted by atomic mass is 10.1. The van der Waals surface area contributed by atoms with E-state index < -0.39 is 30.8 Å². The van der Waals surface area contributed by atoms with Gasteiger partial charge >= 0.3 is 0 Å². The van der Waals surface area contributed by atoms with Gasteiger partial charge in [0.2, 0.25) is 5.91 Å². The fourth-order valence-electron chi connectivity index (χ4n) is 3.31. The van der Waals surface area contributed by atoms with E-state index in [9.17, 15) is 13.6 Å². The van der Waals surface area contributed by atoms with Crippen LogP contribution in [0.5, 0.6) is 5.75 Å². The summed E-state index contributed by atoms with van der Waals surface area (Å²) in [7, 11) is 0. The fourth-order valence-corrected chi connectivity index (χ4v) is 3.31. The summed E-state index contributed by atoms with van der Waals surface area (Å²) in [5.74, 6) is -2.47. The van der Waals surface area contributed by atoms with Crippen molar-refractivity contribution in [2.45, 2.75) is 38.2 Å². The molecule has 1 amide bonds. The molecule has 2 aliphatic heterocycles. The number of nitrogens with one attached hydrogen (secondary N) is 2. The second-order valence-corrected chi connectivity index (χ2v) is 6.86. The Morgan fingerprint density at radius 1 is 1.40 bits per heavy atom. The third-order valence-electron chi connectivity index (χ3n) is 4.73. The lowest BCUT2D eigenvalue weighted by Gasteiger charge is -2.16. The Bertz CT molecular complexity index is 618. The van der Waals surface area contributed by atoms with E-state index >= 15 is 0 Å². The maximum absolute atomic E-state index is 13.2. The Hall–Kier alpha value is -1.73. The number of hydrogen-bond donors (Lipinski definition) is 2. The summed E-state index contributed by atoms with van der Waals surface area (Å²) >= 11 is 0. The summed E-state index contributed by atoms with van der Waals surface area (Å²) in [6.07, 6.45) is 2.06. The molecule has 5 nitrogen and oxygen atoms in total. The van der Waals surface area contributed by atoms with Crippen molar-refractivity contribution in [1.82, 2.24) is 10.2 Å². The van der Waals surface area contributed by atoms with Gasteiger partial charge in [-0.3, -0.25) is 15.0 Å². The van der Waals surface area contributed by atoms with Gasteiger partial charge in [-0.25, -0.2) is 8.78 Å². The Morgan fingerprint density at radius 3 is 2.80 bits per heavy atom. The summed E-state index contributed by atoms with van der Waals surface area (Å²) in [6.45, 7) is 5.28. The van der Waals surface area contributed by atoms with Gasteiger partial charge in [-0.15, -0.1) is 0 Å². The van der Waals surface area contributed by atoms with Crippen LogP contribution in [0.1, 0.15) is 24.8 Å². The third kappa shape index (κ3) is 4.89. The van der Waals surface area contributed by atoms with Crippen LogP contribution in [0.3, 0.4) is 0 Å². The molecule has 0 aliphatic carbocycles. The van der Waals surface area contributed by atoms with Gasteiger partial charge < -0.3 is 10.1 Å². The Kier molecular flexibility index (Phi) is 5.54. The number of likely N-dealkylation sites (tertiary alicyclic amines) is 1. The van der Waals surface area contributed by atoms with E-state index in [-0.39, 0.29) is 0 Å². The molecular weight excluding hydrogens is 328 g/mol. The SMILES string of the molecule is Cc1cc(NC(=O)C2CC(F)(F)CN2)ccc1OCCN1CCCC1. The number of hydrogen-bond acceptors (Lipinski definition) is 4. The molecule has 0 spiro atoms. The second-order valence-electron chi connectivity index (χ2n) is 6.86. The number of alkyl halides is 2. The minimum Gasteiger partial charge on any atom is -0.492 e. The highest BCUT2D eigenvalue weighted by Gasteiger charge is 2.42. The van der Waals surface area contributed by atoms with E-state index in [4.69, 9.17) is 4.74 Å². The molecule has 2 fully saturated rings. The van der Waals surface area contributed by atoms with Crippen molar-refractivity contribution in [3.05, 3.63) is 23.8 Å². The predicted octanol–water partition coefficient (Wildman–Crippen LogP) is 2.41. The molecule has 0 radical (unpaired) electrons. The number of ether oxygens (including phenoxy) is 1. The second kappa shape index (κ2) is 7.66. The lowest BCUT2D eigenvalue weighted by Crippen LogP contribution is -2.35. The minimum absolute atomic E-state index is 0.431. The van der Waals surface area contributed by atoms with Gasteiger partial charge in [-0.05, 0) is 56.6 Å². The molecule has 0 aromatic heterocycles. The summed E-state index contributed by atoms with van der Waals surface area (Å²) in [5.41, 5.74) is 1.50. The summed E-state index contributed by atoms with van der Waals surface area (Å²) in [6, 6.07) is 4.50. The zero-order valence-corrected chi connectivity index (χ0v) is 14.5. The first kappa shape index (κ1) is 18.1. The van der Waals surface area contributed by atoms with Crippen LogP contribution >= 0.6 is 0 Å². The molecule has 25 heavy (non-hydrogen) atoms. The molecule has 1 aromatic carbocycles. The molecule has 2 saturated heterocycles. The van der Waals surface area contributed by atoms with Gasteiger partial charge in [0, 0.05) is 18.7 Å². The van der Waals surface area contributed by atoms with Crippen molar-refractivity contribution in [3.63, 3.8) is 0 Å². The maximum atomic E-state index is 13.2. The van der Waals surface area contributed by atoms with Crippen molar-refractivity contribution in [1.29, 1.82) is 0 Å². The largest absolute Gasteiger partial charge is 0.492 e. The monoisotopic (exact) mass is 353 g/mol. The smallest absolute Gasteiger partial charge is 0.262 e. The molecule has 2 heterocycles. The minimum atomic E-state index is -2.81. The van der Waals surface area contributed by atoms with E-state index in [0.29, 0.717) is 12.3 Å². The normalized spacial score (nSPS) is 22.9. The van der Waals surface area contributed by atoms with Crippen LogP contribution in [0.4, 0.5) is 14.5 Å². The average Bonchev–Trinajstić information content (AvgIpc) is 3.19. The summed E-state index contributed by atoms with van der Waals surface area (Å²) in [5, 5.41) is 5.25. The number of nitrogens with zero attached hydrogens (tertiary/aromatic N) is 1. The first-order chi connectivity index (χ1) is 11.9. The maximum Gasteiger partial charge on any atom is 0.262 e. The van der Waals surface area contributed by atoms with Gasteiger partial charge in [-0.1, -0.05) is 0 Å². The number of benzene rings is 1. The zero-order chi connectivity index (χ0) is 17.9. The van der Waals surface area contributed by atoms with E-state index in [0.717, 1.165) is 30.9 Å². The molecule has 2 N–H and O–H groups in total. The number of aryl methyl sites for hydroxylation is 1. The predicted molar refractivity (Wildman–Crippen MR) is 92.3 cm³/mol. The molecule has 1 aromatic rings. The van der Waals surface area contributed by atoms with Gasteiger partial charge in [0.1, 0.15) is 12.4 Å². The average molecular weight is 353 g/mol. The van der Waals surface area contributed by atoms with Crippen LogP contribution in [0.2, 0.25) is 0 Å². The quantitative estimate of drug-likeness (QED) is 0.825. The van der Waals surface area contributed by atoms with Crippen LogP contribution in [-0.2, 0) is 4.79 Å². The number of carbonyl (C=O) groups is 1. The molecular formula is C18H25F2N3O2. The number of anilines is 1. The van der Waals surface area contributed by atoms with Gasteiger partial charge in [0.25, 0.3) is 5.92 Å². The van der Waals surface area contributed by atoms with Crippen LogP contribution < -0.4 is 15.4 Å². The van der Waals surface area contributed by atoms with Crippen LogP contribution in [0, 0.1) is 6.92 Å². The standard InChI is InChI=1S/C18H25F2N3O2/c1-13-10-14(22-17(24)15-11-18(19,20)12-21-15)4-5-16(13)25-9-8-23-6-2-3-7-23/h4-5,10,15,21H,2-3,6-9,11-12H2,1H3,(H,22,24). The third-order valence-corrected chi connectivity index (χ3v) is 4.73. The molecule has 0 saturated carbocycles. The Labute approximate surface area is 146 Å². The lowest BCUT2D eigenvalue weighted by molar-refractivity contribution is -0.118. The molecule has 0 bridgehead atoms. The first-order valence-corrected chi connectivity index (χ1v) is 8.81. The summed E-state index contributed by atoms with van der Waals surface area (Å²) < 4.78 is 32.2. The van der Waals surface area contributed by atoms with E-state index in [2.05, 4.69) is 15.5 Å². The van der Waals surface area contributed by atoms with Crippen molar-refractivity contribution in [3.8, 4) is 5.75 Å². The van der Waals surface area contributed by atoms with Crippen molar-refractivity contribution >= 4 is 11.6 Å². The van der Waals surface area contributed by atoms with Gasteiger partial charge in [0.05, 0.1) is 12.6 Å². The van der Waals surface area contributed by atoms with Crippen LogP contribution in [-0.4, -0.2) is 55.6 Å². The number of carbonyl (C=O) groups excluding carboxylic acids is 1. The Balaban J connectivity index is 1.50. The van der Waals surface area contributed by atoms with Gasteiger partial charge in [-0.2, -0.15) is 0 Å².